The lowest BCUT2D eigenvalue weighted by Gasteiger charge is -2.36. The van der Waals surface area contributed by atoms with E-state index in [1.165, 1.54) is 11.5 Å². The van der Waals surface area contributed by atoms with Crippen molar-refractivity contribution in [2.45, 2.75) is 40.5 Å². The van der Waals surface area contributed by atoms with Crippen molar-refractivity contribution in [2.24, 2.45) is 10.4 Å². The van der Waals surface area contributed by atoms with Crippen LogP contribution in [0.25, 0.3) is 0 Å². The Bertz CT molecular complexity index is 549. The van der Waals surface area contributed by atoms with Crippen LogP contribution in [0.5, 0.6) is 0 Å². The van der Waals surface area contributed by atoms with Crippen LogP contribution in [-0.2, 0) is 6.42 Å². The quantitative estimate of drug-likeness (QED) is 0.562. The fraction of sp³-hybridized carbons (Fsp3) is 0.824. The van der Waals surface area contributed by atoms with Crippen LogP contribution in [0, 0.1) is 5.41 Å². The molecule has 2 rings (SSSR count). The minimum absolute atomic E-state index is 0.147. The fourth-order valence-corrected chi connectivity index (χ4v) is 3.39. The van der Waals surface area contributed by atoms with Crippen molar-refractivity contribution in [3.8, 4) is 0 Å². The lowest BCUT2D eigenvalue weighted by molar-refractivity contribution is 0.145. The molecule has 1 aliphatic rings. The average Bonchev–Trinajstić information content (AvgIpc) is 3.14. The molecule has 142 valence electrons. The van der Waals surface area contributed by atoms with E-state index in [4.69, 9.17) is 4.99 Å². The Morgan fingerprint density at radius 2 is 2.00 bits per heavy atom. The Labute approximate surface area is 155 Å². The average molecular weight is 369 g/mol. The summed E-state index contributed by atoms with van der Waals surface area (Å²) in [6, 6.07) is 0. The number of guanidine groups is 1. The van der Waals surface area contributed by atoms with Crippen LogP contribution in [0.1, 0.15) is 39.9 Å². The van der Waals surface area contributed by atoms with Gasteiger partial charge >= 0.3 is 0 Å². The maximum absolute atomic E-state index is 9.60. The highest BCUT2D eigenvalue weighted by atomic mass is 32.1. The molecule has 0 aliphatic carbocycles. The minimum atomic E-state index is -0.147. The van der Waals surface area contributed by atoms with Gasteiger partial charge in [0, 0.05) is 56.1 Å². The molecule has 1 aliphatic heterocycles. The molecule has 0 saturated carbocycles. The lowest BCUT2D eigenvalue weighted by atomic mass is 9.89. The highest BCUT2D eigenvalue weighted by molar-refractivity contribution is 7.09. The summed E-state index contributed by atoms with van der Waals surface area (Å²) in [7, 11) is 0. The van der Waals surface area contributed by atoms with Crippen molar-refractivity contribution < 1.29 is 5.11 Å². The third-order valence-corrected chi connectivity index (χ3v) is 5.62. The maximum atomic E-state index is 9.60. The van der Waals surface area contributed by atoms with Crippen molar-refractivity contribution in [3.05, 3.63) is 5.82 Å². The monoisotopic (exact) mass is 368 g/mol. The van der Waals surface area contributed by atoms with Gasteiger partial charge in [0.2, 0.25) is 5.13 Å². The number of nitrogens with one attached hydrogen (secondary N) is 1. The van der Waals surface area contributed by atoms with Crippen LogP contribution in [-0.4, -0.2) is 71.2 Å². The van der Waals surface area contributed by atoms with E-state index < -0.39 is 0 Å². The zero-order valence-corrected chi connectivity index (χ0v) is 16.8. The molecular formula is C17H32N6OS. The van der Waals surface area contributed by atoms with Crippen LogP contribution in [0.4, 0.5) is 5.13 Å². The van der Waals surface area contributed by atoms with E-state index in [0.29, 0.717) is 6.54 Å². The summed E-state index contributed by atoms with van der Waals surface area (Å²) in [6.45, 7) is 13.7. The summed E-state index contributed by atoms with van der Waals surface area (Å²) in [5, 5.41) is 14.0. The van der Waals surface area contributed by atoms with E-state index in [9.17, 15) is 5.11 Å². The summed E-state index contributed by atoms with van der Waals surface area (Å²) in [5.41, 5.74) is -0.147. The molecule has 2 heterocycles. The van der Waals surface area contributed by atoms with Gasteiger partial charge in [0.25, 0.3) is 0 Å². The number of aliphatic hydroxyl groups is 1. The minimum Gasteiger partial charge on any atom is -0.396 e. The molecule has 1 aromatic rings. The molecule has 1 aromatic heterocycles. The van der Waals surface area contributed by atoms with Crippen LogP contribution >= 0.6 is 11.5 Å². The van der Waals surface area contributed by atoms with Crippen molar-refractivity contribution in [3.63, 3.8) is 0 Å². The predicted molar refractivity (Wildman–Crippen MR) is 105 cm³/mol. The van der Waals surface area contributed by atoms with Gasteiger partial charge in [-0.3, -0.25) is 4.99 Å². The van der Waals surface area contributed by atoms with Gasteiger partial charge in [-0.2, -0.15) is 4.37 Å². The van der Waals surface area contributed by atoms with Crippen LogP contribution in [0.15, 0.2) is 4.99 Å². The molecule has 0 aromatic carbocycles. The molecule has 25 heavy (non-hydrogen) atoms. The molecule has 0 bridgehead atoms. The first-order valence-corrected chi connectivity index (χ1v) is 10.0. The lowest BCUT2D eigenvalue weighted by Crippen LogP contribution is -2.52. The topological polar surface area (TPSA) is 76.9 Å². The number of aliphatic hydroxyl groups excluding tert-OH is 1. The van der Waals surface area contributed by atoms with Crippen LogP contribution in [0.2, 0.25) is 0 Å². The number of piperazine rings is 1. The molecule has 0 amide bonds. The third kappa shape index (κ3) is 5.28. The molecule has 7 nitrogen and oxygen atoms in total. The first kappa shape index (κ1) is 19.9. The highest BCUT2D eigenvalue weighted by Crippen LogP contribution is 2.21. The SMILES string of the molecule is CCNC(=NCC(C)(CC)CO)N1CCN(c2nc(CC)ns2)CC1. The summed E-state index contributed by atoms with van der Waals surface area (Å²) in [5.74, 6) is 1.88. The van der Waals surface area contributed by atoms with Crippen LogP contribution in [0.3, 0.4) is 0 Å². The zero-order valence-electron chi connectivity index (χ0n) is 16.0. The highest BCUT2D eigenvalue weighted by Gasteiger charge is 2.24. The molecule has 0 spiro atoms. The predicted octanol–water partition coefficient (Wildman–Crippen LogP) is 1.60. The Morgan fingerprint density at radius 3 is 2.52 bits per heavy atom. The van der Waals surface area contributed by atoms with Crippen molar-refractivity contribution in [1.29, 1.82) is 0 Å². The Hall–Kier alpha value is -1.41. The molecular weight excluding hydrogens is 336 g/mol. The van der Waals surface area contributed by atoms with Gasteiger partial charge in [-0.05, 0) is 13.3 Å². The molecule has 8 heteroatoms. The van der Waals surface area contributed by atoms with Crippen molar-refractivity contribution >= 4 is 22.6 Å². The Kier molecular flexibility index (Phi) is 7.43. The van der Waals surface area contributed by atoms with Gasteiger partial charge in [-0.25, -0.2) is 4.98 Å². The second kappa shape index (κ2) is 9.33. The van der Waals surface area contributed by atoms with Crippen molar-refractivity contribution in [1.82, 2.24) is 19.6 Å². The summed E-state index contributed by atoms with van der Waals surface area (Å²) >= 11 is 1.49. The molecule has 1 fully saturated rings. The van der Waals surface area contributed by atoms with E-state index >= 15 is 0 Å². The number of rotatable bonds is 7. The molecule has 2 N–H and O–H groups in total. The first-order valence-electron chi connectivity index (χ1n) is 9.26. The summed E-state index contributed by atoms with van der Waals surface area (Å²) in [4.78, 5) is 14.0. The Balaban J connectivity index is 1.97. The number of hydrogen-bond donors (Lipinski definition) is 2. The van der Waals surface area contributed by atoms with E-state index in [1.54, 1.807) is 0 Å². The van der Waals surface area contributed by atoms with Gasteiger partial charge in [0.1, 0.15) is 5.82 Å². The van der Waals surface area contributed by atoms with Gasteiger partial charge in [0.05, 0.1) is 13.2 Å². The molecule has 1 unspecified atom stereocenters. The van der Waals surface area contributed by atoms with E-state index in [1.807, 2.05) is 0 Å². The molecule has 0 radical (unpaired) electrons. The third-order valence-electron chi connectivity index (χ3n) is 4.80. The summed E-state index contributed by atoms with van der Waals surface area (Å²) in [6.07, 6.45) is 1.80. The van der Waals surface area contributed by atoms with E-state index in [0.717, 1.165) is 62.5 Å². The normalized spacial score (nSPS) is 18.4. The van der Waals surface area contributed by atoms with Gasteiger partial charge < -0.3 is 20.2 Å². The molecule has 1 atom stereocenters. The number of aryl methyl sites for hydroxylation is 1. The van der Waals surface area contributed by atoms with E-state index in [-0.39, 0.29) is 12.0 Å². The maximum Gasteiger partial charge on any atom is 0.205 e. The zero-order chi connectivity index (χ0) is 18.3. The van der Waals surface area contributed by atoms with Gasteiger partial charge in [-0.15, -0.1) is 0 Å². The van der Waals surface area contributed by atoms with Crippen LogP contribution < -0.4 is 10.2 Å². The van der Waals surface area contributed by atoms with E-state index in [2.05, 4.69) is 52.2 Å². The number of anilines is 1. The fourth-order valence-electron chi connectivity index (χ4n) is 2.59. The Morgan fingerprint density at radius 1 is 1.28 bits per heavy atom. The van der Waals surface area contributed by atoms with Crippen molar-refractivity contribution in [2.75, 3.05) is 50.8 Å². The second-order valence-electron chi connectivity index (χ2n) is 6.81. The largest absolute Gasteiger partial charge is 0.396 e. The number of hydrogen-bond acceptors (Lipinski definition) is 6. The molecule has 1 saturated heterocycles. The number of aliphatic imine (C=N–C) groups is 1. The first-order chi connectivity index (χ1) is 12.0. The number of nitrogens with zero attached hydrogens (tertiary/aromatic N) is 5. The van der Waals surface area contributed by atoms with Gasteiger partial charge in [-0.1, -0.05) is 20.8 Å². The standard InChI is InChI=1S/C17H32N6OS/c1-5-14-20-16(25-21-14)23-10-8-22(9-11-23)15(18-7-3)19-12-17(4,6-2)13-24/h24H,5-13H2,1-4H3,(H,18,19). The van der Waals surface area contributed by atoms with Gasteiger partial charge in [0.15, 0.2) is 5.96 Å². The summed E-state index contributed by atoms with van der Waals surface area (Å²) < 4.78 is 4.38. The number of aromatic nitrogens is 2. The second-order valence-corrected chi connectivity index (χ2v) is 7.54. The smallest absolute Gasteiger partial charge is 0.205 e.